The molecule has 0 radical (unpaired) electrons. The van der Waals surface area contributed by atoms with Gasteiger partial charge in [-0.25, -0.2) is 9.98 Å². The maximum absolute atomic E-state index is 12.6. The van der Waals surface area contributed by atoms with Gasteiger partial charge in [-0.05, 0) is 26.2 Å². The zero-order chi connectivity index (χ0) is 17.5. The zero-order valence-corrected chi connectivity index (χ0v) is 15.8. The molecule has 1 unspecified atom stereocenters. The SMILES string of the molecule is CCOP(=O)(CC[C@H]1N=C(OC)C(C(C)C)N=C1OC)OCC. The van der Waals surface area contributed by atoms with Gasteiger partial charge in [0.15, 0.2) is 0 Å². The van der Waals surface area contributed by atoms with Gasteiger partial charge in [0.05, 0.1) is 33.6 Å². The lowest BCUT2D eigenvalue weighted by atomic mass is 10.0. The zero-order valence-electron chi connectivity index (χ0n) is 14.9. The maximum Gasteiger partial charge on any atom is 0.330 e. The largest absolute Gasteiger partial charge is 0.483 e. The molecule has 0 aliphatic carbocycles. The number of aliphatic imine (C=N–C) groups is 2. The Morgan fingerprint density at radius 1 is 1.04 bits per heavy atom. The molecule has 0 saturated heterocycles. The Kier molecular flexibility index (Phi) is 8.23. The summed E-state index contributed by atoms with van der Waals surface area (Å²) in [4.78, 5) is 9.18. The van der Waals surface area contributed by atoms with Crippen LogP contribution in [0, 0.1) is 5.92 Å². The van der Waals surface area contributed by atoms with E-state index in [1.165, 1.54) is 0 Å². The fraction of sp³-hybridized carbons (Fsp3) is 0.867. The van der Waals surface area contributed by atoms with Crippen molar-refractivity contribution in [2.45, 2.75) is 46.2 Å². The molecule has 0 bridgehead atoms. The highest BCUT2D eigenvalue weighted by atomic mass is 31.2. The molecule has 134 valence electrons. The van der Waals surface area contributed by atoms with Crippen LogP contribution in [0.15, 0.2) is 9.98 Å². The van der Waals surface area contributed by atoms with Gasteiger partial charge in [0.2, 0.25) is 11.8 Å². The summed E-state index contributed by atoms with van der Waals surface area (Å²) in [6.45, 7) is 8.37. The summed E-state index contributed by atoms with van der Waals surface area (Å²) in [7, 11) is 0.0517. The molecule has 0 amide bonds. The highest BCUT2D eigenvalue weighted by Gasteiger charge is 2.33. The number of hydrogen-bond acceptors (Lipinski definition) is 7. The molecule has 0 aromatic rings. The van der Waals surface area contributed by atoms with Crippen LogP contribution in [0.4, 0.5) is 0 Å². The Balaban J connectivity index is 2.87. The number of ether oxygens (including phenoxy) is 2. The van der Waals surface area contributed by atoms with Gasteiger partial charge < -0.3 is 18.5 Å². The average molecular weight is 348 g/mol. The van der Waals surface area contributed by atoms with E-state index in [2.05, 4.69) is 23.8 Å². The van der Waals surface area contributed by atoms with Gasteiger partial charge in [0.25, 0.3) is 0 Å². The van der Waals surface area contributed by atoms with Crippen LogP contribution in [0.2, 0.25) is 0 Å². The highest BCUT2D eigenvalue weighted by Crippen LogP contribution is 2.49. The van der Waals surface area contributed by atoms with Crippen LogP contribution >= 0.6 is 7.60 Å². The van der Waals surface area contributed by atoms with Crippen molar-refractivity contribution in [2.24, 2.45) is 15.9 Å². The standard InChI is InChI=1S/C15H29N2O5P/c1-7-21-23(18,22-8-2)10-9-12-14(19-5)17-13(11(3)4)15(16-12)20-6/h11-13H,7-10H2,1-6H3/t12-,13?/m1/s1. The lowest BCUT2D eigenvalue weighted by Crippen LogP contribution is -2.37. The number of hydrogen-bond donors (Lipinski definition) is 0. The third-order valence-electron chi connectivity index (χ3n) is 3.47. The van der Waals surface area contributed by atoms with Crippen molar-refractivity contribution in [2.75, 3.05) is 33.6 Å². The fourth-order valence-corrected chi connectivity index (χ4v) is 4.07. The first-order valence-corrected chi connectivity index (χ1v) is 9.75. The smallest absolute Gasteiger partial charge is 0.330 e. The second-order valence-corrected chi connectivity index (χ2v) is 7.69. The van der Waals surface area contributed by atoms with Crippen LogP contribution in [0.3, 0.4) is 0 Å². The Morgan fingerprint density at radius 3 is 2.04 bits per heavy atom. The van der Waals surface area contributed by atoms with E-state index >= 15 is 0 Å². The quantitative estimate of drug-likeness (QED) is 0.630. The van der Waals surface area contributed by atoms with Gasteiger partial charge in [0.1, 0.15) is 12.1 Å². The van der Waals surface area contributed by atoms with Gasteiger partial charge in [0, 0.05) is 0 Å². The third-order valence-corrected chi connectivity index (χ3v) is 5.57. The van der Waals surface area contributed by atoms with Crippen molar-refractivity contribution in [1.29, 1.82) is 0 Å². The van der Waals surface area contributed by atoms with Gasteiger partial charge >= 0.3 is 7.60 Å². The molecule has 1 aliphatic rings. The van der Waals surface area contributed by atoms with Gasteiger partial charge in [-0.3, -0.25) is 4.57 Å². The van der Waals surface area contributed by atoms with E-state index < -0.39 is 7.60 Å². The van der Waals surface area contributed by atoms with E-state index in [4.69, 9.17) is 18.5 Å². The van der Waals surface area contributed by atoms with Gasteiger partial charge in [-0.2, -0.15) is 0 Å². The average Bonchev–Trinajstić information content (AvgIpc) is 2.52. The Morgan fingerprint density at radius 2 is 1.61 bits per heavy atom. The summed E-state index contributed by atoms with van der Waals surface area (Å²) in [5.41, 5.74) is 0. The predicted octanol–water partition coefficient (Wildman–Crippen LogP) is 3.14. The number of rotatable bonds is 8. The van der Waals surface area contributed by atoms with Crippen molar-refractivity contribution in [3.8, 4) is 0 Å². The normalized spacial score (nSPS) is 21.9. The predicted molar refractivity (Wildman–Crippen MR) is 91.6 cm³/mol. The minimum absolute atomic E-state index is 0.156. The summed E-state index contributed by atoms with van der Waals surface area (Å²) in [6.07, 6.45) is 0.718. The Hall–Kier alpha value is -0.910. The van der Waals surface area contributed by atoms with Crippen LogP contribution in [-0.2, 0) is 23.1 Å². The minimum Gasteiger partial charge on any atom is -0.483 e. The van der Waals surface area contributed by atoms with E-state index in [0.29, 0.717) is 31.4 Å². The van der Waals surface area contributed by atoms with E-state index in [1.54, 1.807) is 28.1 Å². The molecule has 7 nitrogen and oxygen atoms in total. The van der Waals surface area contributed by atoms with Gasteiger partial charge in [-0.15, -0.1) is 0 Å². The first kappa shape index (κ1) is 20.1. The second-order valence-electron chi connectivity index (χ2n) is 5.51. The van der Waals surface area contributed by atoms with Crippen LogP contribution in [0.25, 0.3) is 0 Å². The van der Waals surface area contributed by atoms with Crippen LogP contribution in [0.5, 0.6) is 0 Å². The van der Waals surface area contributed by atoms with Crippen molar-refractivity contribution in [3.63, 3.8) is 0 Å². The van der Waals surface area contributed by atoms with Crippen LogP contribution < -0.4 is 0 Å². The summed E-state index contributed by atoms with van der Waals surface area (Å²) < 4.78 is 33.9. The summed E-state index contributed by atoms with van der Waals surface area (Å²) >= 11 is 0. The molecule has 0 saturated carbocycles. The molecule has 23 heavy (non-hydrogen) atoms. The topological polar surface area (TPSA) is 78.7 Å². The van der Waals surface area contributed by atoms with Crippen LogP contribution in [-0.4, -0.2) is 57.5 Å². The molecule has 0 spiro atoms. The lowest BCUT2D eigenvalue weighted by Gasteiger charge is -2.27. The van der Waals surface area contributed by atoms with Crippen LogP contribution in [0.1, 0.15) is 34.1 Å². The highest BCUT2D eigenvalue weighted by molar-refractivity contribution is 7.53. The van der Waals surface area contributed by atoms with Crippen molar-refractivity contribution >= 4 is 19.4 Å². The number of methoxy groups -OCH3 is 2. The fourth-order valence-electron chi connectivity index (χ4n) is 2.39. The Labute approximate surface area is 139 Å². The third kappa shape index (κ3) is 5.59. The van der Waals surface area contributed by atoms with E-state index in [-0.39, 0.29) is 24.2 Å². The molecule has 0 fully saturated rings. The molecule has 0 N–H and O–H groups in total. The molecule has 0 aromatic carbocycles. The van der Waals surface area contributed by atoms with E-state index in [9.17, 15) is 4.57 Å². The Bertz CT molecular complexity index is 468. The minimum atomic E-state index is -3.11. The van der Waals surface area contributed by atoms with Crippen molar-refractivity contribution in [1.82, 2.24) is 0 Å². The first-order valence-electron chi connectivity index (χ1n) is 8.02. The van der Waals surface area contributed by atoms with E-state index in [1.807, 2.05) is 0 Å². The molecule has 1 aliphatic heterocycles. The van der Waals surface area contributed by atoms with Crippen molar-refractivity contribution < 1.29 is 23.1 Å². The van der Waals surface area contributed by atoms with Crippen molar-refractivity contribution in [3.05, 3.63) is 0 Å². The second kappa shape index (κ2) is 9.40. The lowest BCUT2D eigenvalue weighted by molar-refractivity contribution is 0.219. The summed E-state index contributed by atoms with van der Waals surface area (Å²) in [5, 5.41) is 0. The first-order chi connectivity index (χ1) is 10.9. The molecule has 2 atom stereocenters. The molecular formula is C15H29N2O5P. The molecule has 1 rings (SSSR count). The molecular weight excluding hydrogens is 319 g/mol. The summed E-state index contributed by atoms with van der Waals surface area (Å²) in [6, 6.07) is -0.490. The van der Waals surface area contributed by atoms with Gasteiger partial charge in [-0.1, -0.05) is 13.8 Å². The molecule has 0 aromatic heterocycles. The molecule has 8 heteroatoms. The molecule has 1 heterocycles. The maximum atomic E-state index is 12.6. The van der Waals surface area contributed by atoms with E-state index in [0.717, 1.165) is 0 Å². The summed E-state index contributed by atoms with van der Waals surface area (Å²) in [5.74, 6) is 1.36. The number of nitrogens with zero attached hydrogens (tertiary/aromatic N) is 2. The monoisotopic (exact) mass is 348 g/mol.